The molecule has 1 aromatic carbocycles. The van der Waals surface area contributed by atoms with Gasteiger partial charge in [-0.3, -0.25) is 4.79 Å². The molecule has 0 spiro atoms. The molecule has 0 aromatic heterocycles. The van der Waals surface area contributed by atoms with Gasteiger partial charge in [0.2, 0.25) is 10.0 Å². The predicted molar refractivity (Wildman–Crippen MR) is 77.4 cm³/mol. The molecule has 0 radical (unpaired) electrons. The number of amides is 1. The average molecular weight is 313 g/mol. The molecule has 1 amide bonds. The standard InChI is InChI=1S/C13H19N3O4S/c14-4-5-15-13(17)11-2-1-3-12(10-11)21(18,19)16-6-8-20-9-7-16/h1-3,10H,4-9,14H2,(H,15,17). The van der Waals surface area contributed by atoms with Crippen molar-refractivity contribution in [1.29, 1.82) is 0 Å². The lowest BCUT2D eigenvalue weighted by Gasteiger charge is -2.26. The Morgan fingerprint density at radius 2 is 2.05 bits per heavy atom. The summed E-state index contributed by atoms with van der Waals surface area (Å²) in [5.41, 5.74) is 5.63. The van der Waals surface area contributed by atoms with Crippen LogP contribution in [-0.4, -0.2) is 58.0 Å². The topological polar surface area (TPSA) is 102 Å². The van der Waals surface area contributed by atoms with Crippen LogP contribution in [0.3, 0.4) is 0 Å². The third-order valence-electron chi connectivity index (χ3n) is 3.13. The summed E-state index contributed by atoms with van der Waals surface area (Å²) >= 11 is 0. The van der Waals surface area contributed by atoms with Crippen LogP contribution in [-0.2, 0) is 14.8 Å². The maximum absolute atomic E-state index is 12.5. The number of ether oxygens (including phenoxy) is 1. The molecule has 0 unspecified atom stereocenters. The lowest BCUT2D eigenvalue weighted by atomic mass is 10.2. The first-order chi connectivity index (χ1) is 10.1. The average Bonchev–Trinajstić information content (AvgIpc) is 2.53. The summed E-state index contributed by atoms with van der Waals surface area (Å²) in [7, 11) is -3.59. The highest BCUT2D eigenvalue weighted by atomic mass is 32.2. The third kappa shape index (κ3) is 3.79. The third-order valence-corrected chi connectivity index (χ3v) is 5.03. The Morgan fingerprint density at radius 1 is 1.33 bits per heavy atom. The fraction of sp³-hybridized carbons (Fsp3) is 0.462. The van der Waals surface area contributed by atoms with Gasteiger partial charge >= 0.3 is 0 Å². The molecule has 1 aromatic rings. The molecule has 7 nitrogen and oxygen atoms in total. The van der Waals surface area contributed by atoms with Crippen molar-refractivity contribution in [1.82, 2.24) is 9.62 Å². The van der Waals surface area contributed by atoms with E-state index in [1.807, 2.05) is 0 Å². The van der Waals surface area contributed by atoms with Crippen molar-refractivity contribution in [2.75, 3.05) is 39.4 Å². The molecule has 1 aliphatic heterocycles. The van der Waals surface area contributed by atoms with Crippen LogP contribution in [0.5, 0.6) is 0 Å². The second-order valence-electron chi connectivity index (χ2n) is 4.59. The largest absolute Gasteiger partial charge is 0.379 e. The number of hydrogen-bond acceptors (Lipinski definition) is 5. The summed E-state index contributed by atoms with van der Waals surface area (Å²) in [6, 6.07) is 6.01. The van der Waals surface area contributed by atoms with Crippen LogP contribution in [0, 0.1) is 0 Å². The van der Waals surface area contributed by atoms with Crippen LogP contribution in [0.15, 0.2) is 29.2 Å². The van der Waals surface area contributed by atoms with Gasteiger partial charge in [0, 0.05) is 31.7 Å². The first-order valence-electron chi connectivity index (χ1n) is 6.72. The molecule has 2 rings (SSSR count). The zero-order chi connectivity index (χ0) is 15.3. The number of nitrogens with two attached hydrogens (primary N) is 1. The summed E-state index contributed by atoms with van der Waals surface area (Å²) < 4.78 is 31.5. The van der Waals surface area contributed by atoms with Gasteiger partial charge in [0.15, 0.2) is 0 Å². The molecule has 116 valence electrons. The first kappa shape index (κ1) is 15.9. The molecule has 1 aliphatic rings. The molecular formula is C13H19N3O4S. The maximum Gasteiger partial charge on any atom is 0.251 e. The molecular weight excluding hydrogens is 294 g/mol. The number of rotatable bonds is 5. The normalized spacial score (nSPS) is 16.6. The van der Waals surface area contributed by atoms with Crippen LogP contribution in [0.2, 0.25) is 0 Å². The van der Waals surface area contributed by atoms with Gasteiger partial charge in [-0.1, -0.05) is 6.07 Å². The molecule has 21 heavy (non-hydrogen) atoms. The number of benzene rings is 1. The van der Waals surface area contributed by atoms with Crippen LogP contribution >= 0.6 is 0 Å². The predicted octanol–water partition coefficient (Wildman–Crippen LogP) is -0.604. The van der Waals surface area contributed by atoms with E-state index in [0.717, 1.165) is 0 Å². The smallest absolute Gasteiger partial charge is 0.251 e. The highest BCUT2D eigenvalue weighted by Crippen LogP contribution is 2.18. The van der Waals surface area contributed by atoms with E-state index in [9.17, 15) is 13.2 Å². The van der Waals surface area contributed by atoms with Crippen molar-refractivity contribution in [2.24, 2.45) is 5.73 Å². The number of carbonyl (C=O) groups is 1. The summed E-state index contributed by atoms with van der Waals surface area (Å²) in [6.07, 6.45) is 0. The SMILES string of the molecule is NCCNC(=O)c1cccc(S(=O)(=O)N2CCOCC2)c1. The number of sulfonamides is 1. The molecule has 3 N–H and O–H groups in total. The van der Waals surface area contributed by atoms with Crippen molar-refractivity contribution in [3.8, 4) is 0 Å². The molecule has 1 saturated heterocycles. The van der Waals surface area contributed by atoms with E-state index in [1.54, 1.807) is 12.1 Å². The molecule has 0 saturated carbocycles. The molecule has 1 heterocycles. The summed E-state index contributed by atoms with van der Waals surface area (Å²) in [4.78, 5) is 12.0. The Hall–Kier alpha value is -1.48. The second-order valence-corrected chi connectivity index (χ2v) is 6.53. The summed E-state index contributed by atoms with van der Waals surface area (Å²) in [5.74, 6) is -0.334. The number of morpholine rings is 1. The van der Waals surface area contributed by atoms with E-state index >= 15 is 0 Å². The second kappa shape index (κ2) is 6.99. The highest BCUT2D eigenvalue weighted by molar-refractivity contribution is 7.89. The van der Waals surface area contributed by atoms with Gasteiger partial charge in [0.1, 0.15) is 0 Å². The van der Waals surface area contributed by atoms with E-state index in [2.05, 4.69) is 5.32 Å². The number of nitrogens with zero attached hydrogens (tertiary/aromatic N) is 1. The molecule has 8 heteroatoms. The quantitative estimate of drug-likeness (QED) is 0.755. The Balaban J connectivity index is 2.21. The van der Waals surface area contributed by atoms with Crippen LogP contribution in [0.4, 0.5) is 0 Å². The molecule has 0 aliphatic carbocycles. The number of nitrogens with one attached hydrogen (secondary N) is 1. The molecule has 1 fully saturated rings. The van der Waals surface area contributed by atoms with Crippen LogP contribution in [0.1, 0.15) is 10.4 Å². The van der Waals surface area contributed by atoms with Crippen molar-refractivity contribution in [2.45, 2.75) is 4.90 Å². The Bertz CT molecular complexity index is 597. The van der Waals surface area contributed by atoms with Gasteiger partial charge in [-0.2, -0.15) is 4.31 Å². The van der Waals surface area contributed by atoms with E-state index in [-0.39, 0.29) is 10.8 Å². The van der Waals surface area contributed by atoms with Gasteiger partial charge in [0.05, 0.1) is 18.1 Å². The van der Waals surface area contributed by atoms with Gasteiger partial charge < -0.3 is 15.8 Å². The Kier molecular flexibility index (Phi) is 5.29. The number of hydrogen-bond donors (Lipinski definition) is 2. The van der Waals surface area contributed by atoms with E-state index in [1.165, 1.54) is 16.4 Å². The minimum atomic E-state index is -3.59. The zero-order valence-electron chi connectivity index (χ0n) is 11.6. The van der Waals surface area contributed by atoms with Crippen molar-refractivity contribution in [3.63, 3.8) is 0 Å². The van der Waals surface area contributed by atoms with Crippen molar-refractivity contribution >= 4 is 15.9 Å². The first-order valence-corrected chi connectivity index (χ1v) is 8.16. The number of carbonyl (C=O) groups excluding carboxylic acids is 1. The Labute approximate surface area is 124 Å². The van der Waals surface area contributed by atoms with Gasteiger partial charge in [-0.05, 0) is 18.2 Å². The van der Waals surface area contributed by atoms with Crippen molar-refractivity contribution < 1.29 is 17.9 Å². The fourth-order valence-corrected chi connectivity index (χ4v) is 3.48. The molecule has 0 bridgehead atoms. The Morgan fingerprint density at radius 3 is 2.71 bits per heavy atom. The monoisotopic (exact) mass is 313 g/mol. The lowest BCUT2D eigenvalue weighted by Crippen LogP contribution is -2.40. The van der Waals surface area contributed by atoms with Crippen LogP contribution in [0.25, 0.3) is 0 Å². The lowest BCUT2D eigenvalue weighted by molar-refractivity contribution is 0.0730. The molecule has 0 atom stereocenters. The van der Waals surface area contributed by atoms with Crippen molar-refractivity contribution in [3.05, 3.63) is 29.8 Å². The van der Waals surface area contributed by atoms with Gasteiger partial charge in [-0.25, -0.2) is 8.42 Å². The minimum absolute atomic E-state index is 0.116. The van der Waals surface area contributed by atoms with Crippen LogP contribution < -0.4 is 11.1 Å². The van der Waals surface area contributed by atoms with E-state index < -0.39 is 10.0 Å². The summed E-state index contributed by atoms with van der Waals surface area (Å²) in [5, 5.41) is 2.61. The van der Waals surface area contributed by atoms with Gasteiger partial charge in [-0.15, -0.1) is 0 Å². The maximum atomic E-state index is 12.5. The zero-order valence-corrected chi connectivity index (χ0v) is 12.4. The summed E-state index contributed by atoms with van der Waals surface area (Å²) in [6.45, 7) is 2.10. The highest BCUT2D eigenvalue weighted by Gasteiger charge is 2.26. The van der Waals surface area contributed by atoms with Gasteiger partial charge in [0.25, 0.3) is 5.91 Å². The van der Waals surface area contributed by atoms with E-state index in [4.69, 9.17) is 10.5 Å². The fourth-order valence-electron chi connectivity index (χ4n) is 2.02. The van der Waals surface area contributed by atoms with E-state index in [0.29, 0.717) is 45.0 Å². The minimum Gasteiger partial charge on any atom is -0.379 e.